The number of esters is 1. The average molecular weight is 368 g/mol. The fourth-order valence-corrected chi connectivity index (χ4v) is 3.54. The van der Waals surface area contributed by atoms with E-state index < -0.39 is 0 Å². The van der Waals surface area contributed by atoms with Crippen molar-refractivity contribution in [2.75, 3.05) is 46.2 Å². The van der Waals surface area contributed by atoms with Gasteiger partial charge in [0.05, 0.1) is 19.2 Å². The van der Waals surface area contributed by atoms with Crippen LogP contribution in [0.1, 0.15) is 41.6 Å². The molecule has 0 radical (unpaired) electrons. The molecule has 1 unspecified atom stereocenters. The van der Waals surface area contributed by atoms with Crippen molar-refractivity contribution in [3.8, 4) is 0 Å². The molecule has 0 aromatic carbocycles. The Morgan fingerprint density at radius 2 is 2.00 bits per heavy atom. The maximum Gasteiger partial charge on any atom is 0.341 e. The number of anilines is 1. The van der Waals surface area contributed by atoms with E-state index in [9.17, 15) is 14.4 Å². The van der Waals surface area contributed by atoms with Crippen LogP contribution in [0.15, 0.2) is 5.38 Å². The summed E-state index contributed by atoms with van der Waals surface area (Å²) in [4.78, 5) is 38.6. The lowest BCUT2D eigenvalue weighted by Crippen LogP contribution is -3.11. The molecule has 1 atom stereocenters. The van der Waals surface area contributed by atoms with Crippen LogP contribution in [-0.2, 0) is 14.3 Å². The van der Waals surface area contributed by atoms with Gasteiger partial charge in [-0.1, -0.05) is 0 Å². The third-order valence-corrected chi connectivity index (χ3v) is 4.90. The number of likely N-dealkylation sites (N-methyl/N-ethyl adjacent to an activating group) is 2. The Morgan fingerprint density at radius 3 is 2.56 bits per heavy atom. The summed E-state index contributed by atoms with van der Waals surface area (Å²) >= 11 is 1.36. The standard InChI is InChI=1S/C17H25N3O4S/c1-5-24-17(23)15-12(11-6-7-11)10-25-16(15)18-13(21)8-20(4)9-14(22)19(2)3/h10-11H,5-9H2,1-4H3,(H,18,21)/p+1. The summed E-state index contributed by atoms with van der Waals surface area (Å²) in [7, 11) is 5.16. The highest BCUT2D eigenvalue weighted by Gasteiger charge is 2.32. The molecule has 2 amide bonds. The Bertz CT molecular complexity index is 652. The zero-order valence-electron chi connectivity index (χ0n) is 15.2. The number of ether oxygens (including phenoxy) is 1. The SMILES string of the molecule is CCOC(=O)c1c(C2CC2)csc1NC(=O)C[NH+](C)CC(=O)N(C)C. The molecule has 138 valence electrons. The average Bonchev–Trinajstić information content (AvgIpc) is 3.28. The number of carbonyl (C=O) groups excluding carboxylic acids is 3. The van der Waals surface area contributed by atoms with Gasteiger partial charge in [-0.25, -0.2) is 4.79 Å². The van der Waals surface area contributed by atoms with Crippen LogP contribution in [0.2, 0.25) is 0 Å². The molecule has 25 heavy (non-hydrogen) atoms. The zero-order valence-corrected chi connectivity index (χ0v) is 16.0. The lowest BCUT2D eigenvalue weighted by molar-refractivity contribution is -0.862. The predicted octanol–water partition coefficient (Wildman–Crippen LogP) is 0.344. The van der Waals surface area contributed by atoms with Crippen molar-refractivity contribution >= 4 is 34.1 Å². The molecule has 1 heterocycles. The summed E-state index contributed by atoms with van der Waals surface area (Å²) in [6.45, 7) is 2.45. The molecule has 1 aliphatic carbocycles. The number of rotatable bonds is 8. The Balaban J connectivity index is 2.02. The van der Waals surface area contributed by atoms with Crippen molar-refractivity contribution in [3.05, 3.63) is 16.5 Å². The molecule has 0 saturated heterocycles. The van der Waals surface area contributed by atoms with E-state index >= 15 is 0 Å². The molecular weight excluding hydrogens is 342 g/mol. The predicted molar refractivity (Wildman–Crippen MR) is 96.2 cm³/mol. The first kappa shape index (κ1) is 19.4. The van der Waals surface area contributed by atoms with Crippen molar-refractivity contribution in [1.29, 1.82) is 0 Å². The number of hydrogen-bond donors (Lipinski definition) is 2. The molecule has 2 rings (SSSR count). The zero-order chi connectivity index (χ0) is 18.6. The normalized spacial score (nSPS) is 14.7. The number of nitrogens with one attached hydrogen (secondary N) is 2. The van der Waals surface area contributed by atoms with Gasteiger partial charge in [-0.15, -0.1) is 11.3 Å². The van der Waals surface area contributed by atoms with Crippen molar-refractivity contribution in [3.63, 3.8) is 0 Å². The van der Waals surface area contributed by atoms with Crippen LogP contribution in [-0.4, -0.2) is 63.5 Å². The Hall–Kier alpha value is -1.93. The van der Waals surface area contributed by atoms with E-state index in [1.165, 1.54) is 16.2 Å². The minimum atomic E-state index is -0.385. The number of thiophene rings is 1. The molecule has 1 aromatic heterocycles. The van der Waals surface area contributed by atoms with Gasteiger partial charge in [0.2, 0.25) is 0 Å². The van der Waals surface area contributed by atoms with E-state index in [-0.39, 0.29) is 30.9 Å². The quantitative estimate of drug-likeness (QED) is 0.649. The van der Waals surface area contributed by atoms with Crippen molar-refractivity contribution < 1.29 is 24.0 Å². The first-order chi connectivity index (χ1) is 11.8. The van der Waals surface area contributed by atoms with Crippen LogP contribution in [0.3, 0.4) is 0 Å². The minimum Gasteiger partial charge on any atom is -0.462 e. The first-order valence-corrected chi connectivity index (χ1v) is 9.31. The van der Waals surface area contributed by atoms with Gasteiger partial charge in [0.25, 0.3) is 11.8 Å². The molecule has 7 nitrogen and oxygen atoms in total. The smallest absolute Gasteiger partial charge is 0.341 e. The van der Waals surface area contributed by atoms with Gasteiger partial charge in [0, 0.05) is 14.1 Å². The highest BCUT2D eigenvalue weighted by atomic mass is 32.1. The lowest BCUT2D eigenvalue weighted by Gasteiger charge is -2.16. The number of nitrogens with zero attached hydrogens (tertiary/aromatic N) is 1. The fraction of sp³-hybridized carbons (Fsp3) is 0.588. The Kier molecular flexibility index (Phi) is 6.55. The largest absolute Gasteiger partial charge is 0.462 e. The third-order valence-electron chi connectivity index (χ3n) is 3.98. The van der Waals surface area contributed by atoms with Crippen LogP contribution in [0, 0.1) is 0 Å². The molecule has 2 N–H and O–H groups in total. The summed E-state index contributed by atoms with van der Waals surface area (Å²) < 4.78 is 5.15. The van der Waals surface area contributed by atoms with E-state index in [0.717, 1.165) is 23.3 Å². The number of amides is 2. The van der Waals surface area contributed by atoms with Crippen LogP contribution in [0.5, 0.6) is 0 Å². The van der Waals surface area contributed by atoms with E-state index in [2.05, 4.69) is 5.32 Å². The number of carbonyl (C=O) groups is 3. The number of quaternary nitrogens is 1. The van der Waals surface area contributed by atoms with Gasteiger partial charge < -0.3 is 19.9 Å². The molecule has 0 spiro atoms. The van der Waals surface area contributed by atoms with Crippen LogP contribution < -0.4 is 10.2 Å². The molecular formula is C17H26N3O4S+. The number of hydrogen-bond acceptors (Lipinski definition) is 5. The third kappa shape index (κ3) is 5.27. The van der Waals surface area contributed by atoms with Gasteiger partial charge in [0.15, 0.2) is 13.1 Å². The molecule has 1 aliphatic rings. The molecule has 1 aromatic rings. The summed E-state index contributed by atoms with van der Waals surface area (Å²) in [6.07, 6.45) is 2.13. The van der Waals surface area contributed by atoms with E-state index in [4.69, 9.17) is 4.74 Å². The Labute approximate surface area is 151 Å². The van der Waals surface area contributed by atoms with Gasteiger partial charge >= 0.3 is 5.97 Å². The van der Waals surface area contributed by atoms with Gasteiger partial charge in [-0.05, 0) is 36.6 Å². The minimum absolute atomic E-state index is 0.0374. The highest BCUT2D eigenvalue weighted by molar-refractivity contribution is 7.15. The van der Waals surface area contributed by atoms with Crippen LogP contribution in [0.25, 0.3) is 0 Å². The molecule has 0 bridgehead atoms. The summed E-state index contributed by atoms with van der Waals surface area (Å²) in [5.41, 5.74) is 1.46. The second-order valence-electron chi connectivity index (χ2n) is 6.54. The summed E-state index contributed by atoms with van der Waals surface area (Å²) in [5.74, 6) is -0.250. The lowest BCUT2D eigenvalue weighted by atomic mass is 10.1. The molecule has 1 fully saturated rings. The van der Waals surface area contributed by atoms with Crippen molar-refractivity contribution in [2.24, 2.45) is 0 Å². The molecule has 1 saturated carbocycles. The second-order valence-corrected chi connectivity index (χ2v) is 7.42. The van der Waals surface area contributed by atoms with Crippen LogP contribution >= 0.6 is 11.3 Å². The van der Waals surface area contributed by atoms with Crippen LogP contribution in [0.4, 0.5) is 5.00 Å². The van der Waals surface area contributed by atoms with E-state index in [1.807, 2.05) is 5.38 Å². The first-order valence-electron chi connectivity index (χ1n) is 8.43. The monoisotopic (exact) mass is 368 g/mol. The topological polar surface area (TPSA) is 80.1 Å². The second kappa shape index (κ2) is 8.44. The van der Waals surface area contributed by atoms with Crippen molar-refractivity contribution in [2.45, 2.75) is 25.7 Å². The van der Waals surface area contributed by atoms with Gasteiger partial charge in [-0.2, -0.15) is 0 Å². The van der Waals surface area contributed by atoms with E-state index in [1.54, 1.807) is 28.1 Å². The molecule has 8 heteroatoms. The van der Waals surface area contributed by atoms with E-state index in [0.29, 0.717) is 23.1 Å². The summed E-state index contributed by atoms with van der Waals surface area (Å²) in [5, 5.41) is 5.29. The maximum absolute atomic E-state index is 12.3. The Morgan fingerprint density at radius 1 is 1.32 bits per heavy atom. The summed E-state index contributed by atoms with van der Waals surface area (Å²) in [6, 6.07) is 0. The van der Waals surface area contributed by atoms with Crippen molar-refractivity contribution in [1.82, 2.24) is 4.90 Å². The molecule has 0 aliphatic heterocycles. The maximum atomic E-state index is 12.3. The fourth-order valence-electron chi connectivity index (χ4n) is 2.50. The van der Waals surface area contributed by atoms with Gasteiger partial charge in [-0.3, -0.25) is 9.59 Å². The highest BCUT2D eigenvalue weighted by Crippen LogP contribution is 2.46. The van der Waals surface area contributed by atoms with Gasteiger partial charge in [0.1, 0.15) is 5.00 Å².